The Kier molecular flexibility index (Phi) is 5.84. The van der Waals surface area contributed by atoms with Crippen LogP contribution in [0.1, 0.15) is 30.0 Å². The molecule has 36 heavy (non-hydrogen) atoms. The van der Waals surface area contributed by atoms with Crippen molar-refractivity contribution in [3.63, 3.8) is 0 Å². The second kappa shape index (κ2) is 9.00. The number of aromatic amines is 1. The second-order valence-electron chi connectivity index (χ2n) is 8.50. The van der Waals surface area contributed by atoms with Gasteiger partial charge in [0.25, 0.3) is 0 Å². The molecule has 0 saturated carbocycles. The first-order valence-electron chi connectivity index (χ1n) is 11.3. The summed E-state index contributed by atoms with van der Waals surface area (Å²) in [6.07, 6.45) is 0.301. The van der Waals surface area contributed by atoms with Crippen LogP contribution in [0.4, 0.5) is 0 Å². The van der Waals surface area contributed by atoms with Gasteiger partial charge in [-0.15, -0.1) is 0 Å². The molecule has 1 unspecified atom stereocenters. The molecule has 1 atom stereocenters. The number of hydrogen-bond acceptors (Lipinski definition) is 5. The Hall–Kier alpha value is -4.38. The highest BCUT2D eigenvalue weighted by molar-refractivity contribution is 6.33. The fraction of sp³-hybridized carbons (Fsp3) is 0.138. The van der Waals surface area contributed by atoms with Gasteiger partial charge in [0, 0.05) is 21.4 Å². The first-order chi connectivity index (χ1) is 17.4. The van der Waals surface area contributed by atoms with E-state index in [1.807, 2.05) is 30.3 Å². The van der Waals surface area contributed by atoms with E-state index in [-0.39, 0.29) is 0 Å². The molecule has 4 aromatic carbocycles. The lowest BCUT2D eigenvalue weighted by molar-refractivity contribution is 0.0328. The van der Waals surface area contributed by atoms with Crippen molar-refractivity contribution in [2.45, 2.75) is 18.9 Å². The van der Waals surface area contributed by atoms with Crippen molar-refractivity contribution >= 4 is 44.2 Å². The number of fused-ring (bicyclic) bond motifs is 6. The number of nitrogens with zero attached hydrogens (tertiary/aromatic N) is 3. The van der Waals surface area contributed by atoms with Crippen molar-refractivity contribution in [1.82, 2.24) is 9.97 Å². The molecule has 1 aromatic heterocycles. The summed E-state index contributed by atoms with van der Waals surface area (Å²) in [7, 11) is 0. The minimum absolute atomic E-state index is 0.301. The summed E-state index contributed by atoms with van der Waals surface area (Å²) in [6.45, 7) is 1.31. The van der Waals surface area contributed by atoms with E-state index in [1.165, 1.54) is 0 Å². The quantitative estimate of drug-likeness (QED) is 0.230. The summed E-state index contributed by atoms with van der Waals surface area (Å²) >= 11 is 6.36. The van der Waals surface area contributed by atoms with Crippen molar-refractivity contribution in [2.24, 2.45) is 0 Å². The third-order valence-electron chi connectivity index (χ3n) is 6.35. The van der Waals surface area contributed by atoms with Crippen LogP contribution in [0.3, 0.4) is 0 Å². The first kappa shape index (κ1) is 23.4. The van der Waals surface area contributed by atoms with E-state index in [9.17, 15) is 20.7 Å². The summed E-state index contributed by atoms with van der Waals surface area (Å²) in [5, 5.41) is 43.2. The van der Waals surface area contributed by atoms with Gasteiger partial charge in [-0.2, -0.15) is 10.5 Å². The molecular formula is C29H19ClN4O2. The SMILES string of the molecule is CCC(O)(C#Cc1ccc2c(c1)c1cc(Cl)ccc1c1nc(-c3c(C#N)cccc3C#N)[nH]c21)CO. The summed E-state index contributed by atoms with van der Waals surface area (Å²) in [4.78, 5) is 8.18. The summed E-state index contributed by atoms with van der Waals surface area (Å²) < 4.78 is 0. The molecule has 0 bridgehead atoms. The molecule has 0 fully saturated rings. The molecule has 0 saturated heterocycles. The fourth-order valence-corrected chi connectivity index (χ4v) is 4.48. The van der Waals surface area contributed by atoms with Gasteiger partial charge < -0.3 is 15.2 Å². The van der Waals surface area contributed by atoms with E-state index in [0.29, 0.717) is 45.0 Å². The van der Waals surface area contributed by atoms with E-state index < -0.39 is 12.2 Å². The number of nitriles is 2. The number of aromatic nitrogens is 2. The Morgan fingerprint density at radius 2 is 1.67 bits per heavy atom. The van der Waals surface area contributed by atoms with E-state index in [0.717, 1.165) is 27.1 Å². The van der Waals surface area contributed by atoms with E-state index in [2.05, 4.69) is 29.0 Å². The van der Waals surface area contributed by atoms with Crippen LogP contribution < -0.4 is 0 Å². The number of H-pyrrole nitrogens is 1. The van der Waals surface area contributed by atoms with Gasteiger partial charge in [-0.05, 0) is 53.6 Å². The molecule has 5 rings (SSSR count). The van der Waals surface area contributed by atoms with Gasteiger partial charge in [-0.25, -0.2) is 4.98 Å². The highest BCUT2D eigenvalue weighted by Gasteiger charge is 2.20. The van der Waals surface area contributed by atoms with Crippen LogP contribution in [-0.2, 0) is 0 Å². The molecule has 0 spiro atoms. The van der Waals surface area contributed by atoms with Crippen molar-refractivity contribution in [3.05, 3.63) is 76.3 Å². The molecule has 1 heterocycles. The summed E-state index contributed by atoms with van der Waals surface area (Å²) in [5.74, 6) is 6.18. The molecule has 0 aliphatic heterocycles. The average molecular weight is 491 g/mol. The Balaban J connectivity index is 1.83. The topological polar surface area (TPSA) is 117 Å². The molecule has 0 amide bonds. The van der Waals surface area contributed by atoms with Crippen LogP contribution in [0.2, 0.25) is 5.02 Å². The number of hydrogen-bond donors (Lipinski definition) is 3. The normalized spacial score (nSPS) is 12.6. The maximum atomic E-state index is 10.3. The number of aliphatic hydroxyl groups is 2. The maximum Gasteiger partial charge on any atom is 0.148 e. The highest BCUT2D eigenvalue weighted by Crippen LogP contribution is 2.38. The lowest BCUT2D eigenvalue weighted by atomic mass is 9.97. The number of benzene rings is 4. The Labute approximate surface area is 212 Å². The number of aliphatic hydroxyl groups excluding tert-OH is 1. The number of rotatable bonds is 3. The molecule has 0 aliphatic rings. The fourth-order valence-electron chi connectivity index (χ4n) is 4.31. The van der Waals surface area contributed by atoms with Gasteiger partial charge in [0.2, 0.25) is 0 Å². The van der Waals surface area contributed by atoms with Crippen LogP contribution in [0.15, 0.2) is 54.6 Å². The monoisotopic (exact) mass is 490 g/mol. The molecule has 0 aliphatic carbocycles. The molecule has 5 aromatic rings. The Morgan fingerprint density at radius 1 is 0.972 bits per heavy atom. The molecule has 174 valence electrons. The van der Waals surface area contributed by atoms with E-state index in [1.54, 1.807) is 31.2 Å². The van der Waals surface area contributed by atoms with Crippen LogP contribution >= 0.6 is 11.6 Å². The third kappa shape index (κ3) is 3.83. The predicted octanol–water partition coefficient (Wildman–Crippen LogP) is 5.42. The molecule has 6 nitrogen and oxygen atoms in total. The zero-order valence-electron chi connectivity index (χ0n) is 19.2. The average Bonchev–Trinajstić information content (AvgIpc) is 3.36. The van der Waals surface area contributed by atoms with Crippen LogP contribution in [0.25, 0.3) is 44.0 Å². The van der Waals surface area contributed by atoms with Gasteiger partial charge in [0.15, 0.2) is 0 Å². The Bertz CT molecular complexity index is 1790. The second-order valence-corrected chi connectivity index (χ2v) is 8.94. The summed E-state index contributed by atoms with van der Waals surface area (Å²) in [6, 6.07) is 20.5. The lowest BCUT2D eigenvalue weighted by Crippen LogP contribution is -2.30. The van der Waals surface area contributed by atoms with E-state index in [4.69, 9.17) is 16.6 Å². The standard InChI is InChI=1S/C29H19ClN4O2/c1-2-29(36,16-35)11-10-17-6-8-21-23(12-17)24-13-20(30)7-9-22(24)27-26(21)33-28(34-27)25-18(14-31)4-3-5-19(25)15-32/h3-9,12-13,35-36H,2,16H2,1H3,(H,33,34). The predicted molar refractivity (Wildman–Crippen MR) is 140 cm³/mol. The zero-order valence-corrected chi connectivity index (χ0v) is 20.0. The van der Waals surface area contributed by atoms with Crippen LogP contribution in [0, 0.1) is 34.5 Å². The van der Waals surface area contributed by atoms with Gasteiger partial charge in [0.1, 0.15) is 11.4 Å². The Morgan fingerprint density at radius 3 is 2.33 bits per heavy atom. The van der Waals surface area contributed by atoms with E-state index >= 15 is 0 Å². The number of halogens is 1. The third-order valence-corrected chi connectivity index (χ3v) is 6.58. The maximum absolute atomic E-state index is 10.3. The number of nitrogens with one attached hydrogen (secondary N) is 1. The van der Waals surface area contributed by atoms with Crippen molar-refractivity contribution in [1.29, 1.82) is 10.5 Å². The van der Waals surface area contributed by atoms with Crippen molar-refractivity contribution < 1.29 is 10.2 Å². The van der Waals surface area contributed by atoms with Crippen molar-refractivity contribution in [2.75, 3.05) is 6.61 Å². The number of imidazole rings is 1. The molecule has 7 heteroatoms. The van der Waals surface area contributed by atoms with Gasteiger partial charge >= 0.3 is 0 Å². The van der Waals surface area contributed by atoms with Crippen LogP contribution in [-0.4, -0.2) is 32.4 Å². The van der Waals surface area contributed by atoms with Gasteiger partial charge in [-0.1, -0.05) is 48.6 Å². The van der Waals surface area contributed by atoms with Crippen molar-refractivity contribution in [3.8, 4) is 35.4 Å². The largest absolute Gasteiger partial charge is 0.392 e. The minimum atomic E-state index is -1.46. The zero-order chi connectivity index (χ0) is 25.4. The molecule has 0 radical (unpaired) electrons. The minimum Gasteiger partial charge on any atom is -0.392 e. The lowest BCUT2D eigenvalue weighted by Gasteiger charge is -2.16. The smallest absolute Gasteiger partial charge is 0.148 e. The highest BCUT2D eigenvalue weighted by atomic mass is 35.5. The molecular weight excluding hydrogens is 472 g/mol. The van der Waals surface area contributed by atoms with Gasteiger partial charge in [-0.3, -0.25) is 0 Å². The van der Waals surface area contributed by atoms with Gasteiger partial charge in [0.05, 0.1) is 46.5 Å². The first-order valence-corrected chi connectivity index (χ1v) is 11.6. The van der Waals surface area contributed by atoms with Crippen LogP contribution in [0.5, 0.6) is 0 Å². The summed E-state index contributed by atoms with van der Waals surface area (Å²) in [5.41, 5.74) is 1.83. The molecule has 3 N–H and O–H groups in total.